The molecule has 182 valence electrons. The van der Waals surface area contributed by atoms with Gasteiger partial charge in [-0.1, -0.05) is 49.6 Å². The van der Waals surface area contributed by atoms with Crippen molar-refractivity contribution in [3.63, 3.8) is 0 Å². The molecule has 34 heavy (non-hydrogen) atoms. The minimum Gasteiger partial charge on any atom is -0.457 e. The van der Waals surface area contributed by atoms with Crippen molar-refractivity contribution < 1.29 is 23.9 Å². The number of carbonyl (C=O) groups excluding carboxylic acids is 2. The molecule has 1 saturated carbocycles. The van der Waals surface area contributed by atoms with Gasteiger partial charge in [0.15, 0.2) is 18.0 Å². The minimum atomic E-state index is -1.65. The first-order valence-electron chi connectivity index (χ1n) is 12.3. The van der Waals surface area contributed by atoms with E-state index < -0.39 is 11.6 Å². The zero-order chi connectivity index (χ0) is 24.0. The minimum absolute atomic E-state index is 0.0112. The molecule has 0 spiro atoms. The number of anilines is 1. The molecular weight excluding hydrogens is 432 g/mol. The molecule has 1 aliphatic heterocycles. The molecule has 8 heteroatoms. The fraction of sp³-hybridized carbons (Fsp3) is 0.538. The first-order chi connectivity index (χ1) is 16.4. The number of aromatic nitrogens is 2. The Hall–Kier alpha value is -2.84. The Kier molecular flexibility index (Phi) is 7.58. The third-order valence-electron chi connectivity index (χ3n) is 7.55. The van der Waals surface area contributed by atoms with E-state index in [1.54, 1.807) is 6.20 Å². The molecule has 2 aromatic rings. The summed E-state index contributed by atoms with van der Waals surface area (Å²) in [5, 5.41) is 14.5. The molecule has 2 fully saturated rings. The number of esters is 1. The van der Waals surface area contributed by atoms with Gasteiger partial charge < -0.3 is 19.6 Å². The van der Waals surface area contributed by atoms with Gasteiger partial charge in [-0.3, -0.25) is 9.78 Å². The van der Waals surface area contributed by atoms with Crippen LogP contribution in [0.15, 0.2) is 48.9 Å². The third-order valence-corrected chi connectivity index (χ3v) is 7.55. The average Bonchev–Trinajstić information content (AvgIpc) is 3.23. The zero-order valence-electron chi connectivity index (χ0n) is 19.9. The Balaban J connectivity index is 1.43. The highest BCUT2D eigenvalue weighted by Gasteiger charge is 2.48. The predicted molar refractivity (Wildman–Crippen MR) is 127 cm³/mol. The lowest BCUT2D eigenvalue weighted by molar-refractivity contribution is -0.913. The quantitative estimate of drug-likeness (QED) is 0.457. The van der Waals surface area contributed by atoms with Crippen LogP contribution in [0.4, 0.5) is 5.82 Å². The molecule has 2 N–H and O–H groups in total. The van der Waals surface area contributed by atoms with Crippen molar-refractivity contribution in [1.82, 2.24) is 9.97 Å². The van der Waals surface area contributed by atoms with Gasteiger partial charge >= 0.3 is 5.97 Å². The van der Waals surface area contributed by atoms with Crippen LogP contribution in [-0.2, 0) is 19.9 Å². The lowest BCUT2D eigenvalue weighted by atomic mass is 9.73. The summed E-state index contributed by atoms with van der Waals surface area (Å²) in [7, 11) is 2.02. The Morgan fingerprint density at radius 2 is 1.88 bits per heavy atom. The molecule has 1 saturated heterocycles. The highest BCUT2D eigenvalue weighted by Crippen LogP contribution is 2.40. The van der Waals surface area contributed by atoms with Gasteiger partial charge in [-0.25, -0.2) is 9.78 Å². The van der Waals surface area contributed by atoms with Crippen LogP contribution in [-0.4, -0.2) is 64.2 Å². The fourth-order valence-corrected chi connectivity index (χ4v) is 5.54. The first kappa shape index (κ1) is 24.3. The van der Waals surface area contributed by atoms with Crippen molar-refractivity contribution in [1.29, 1.82) is 0 Å². The topological polar surface area (TPSA) is 101 Å². The second-order valence-corrected chi connectivity index (χ2v) is 9.86. The number of hydrogen-bond donors (Lipinski definition) is 2. The summed E-state index contributed by atoms with van der Waals surface area (Å²) in [6, 6.07) is 9.17. The van der Waals surface area contributed by atoms with E-state index in [9.17, 15) is 14.7 Å². The van der Waals surface area contributed by atoms with Crippen molar-refractivity contribution in [2.45, 2.75) is 56.6 Å². The largest absolute Gasteiger partial charge is 0.457 e. The molecule has 2 unspecified atom stereocenters. The molecule has 1 aliphatic carbocycles. The number of carbonyl (C=O) groups is 2. The van der Waals surface area contributed by atoms with E-state index in [0.717, 1.165) is 51.5 Å². The second kappa shape index (κ2) is 10.6. The van der Waals surface area contributed by atoms with E-state index in [-0.39, 0.29) is 31.0 Å². The van der Waals surface area contributed by atoms with Gasteiger partial charge in [0.05, 0.1) is 19.8 Å². The van der Waals surface area contributed by atoms with Gasteiger partial charge in [-0.2, -0.15) is 0 Å². The highest BCUT2D eigenvalue weighted by atomic mass is 16.6. The van der Waals surface area contributed by atoms with E-state index in [1.807, 2.05) is 37.4 Å². The number of amides is 1. The molecular formula is C26H35N4O4+. The van der Waals surface area contributed by atoms with Crippen molar-refractivity contribution in [2.24, 2.45) is 5.92 Å². The van der Waals surface area contributed by atoms with Crippen LogP contribution >= 0.6 is 0 Å². The second-order valence-electron chi connectivity index (χ2n) is 9.86. The van der Waals surface area contributed by atoms with Crippen molar-refractivity contribution in [3.05, 3.63) is 54.5 Å². The van der Waals surface area contributed by atoms with Crippen LogP contribution in [0.3, 0.4) is 0 Å². The molecule has 4 rings (SSSR count). The number of likely N-dealkylation sites (N-methyl/N-ethyl adjacent to an activating group) is 1. The lowest BCUT2D eigenvalue weighted by Gasteiger charge is -2.38. The molecule has 8 nitrogen and oxygen atoms in total. The lowest BCUT2D eigenvalue weighted by Crippen LogP contribution is -2.54. The van der Waals surface area contributed by atoms with Gasteiger partial charge in [0.2, 0.25) is 0 Å². The van der Waals surface area contributed by atoms with Crippen molar-refractivity contribution >= 4 is 17.7 Å². The zero-order valence-corrected chi connectivity index (χ0v) is 19.9. The normalized spacial score (nSPS) is 24.8. The van der Waals surface area contributed by atoms with Gasteiger partial charge in [0, 0.05) is 31.2 Å². The van der Waals surface area contributed by atoms with Crippen LogP contribution in [0.2, 0.25) is 0 Å². The number of nitrogens with one attached hydrogen (secondary N) is 1. The number of aliphatic hydroxyl groups is 1. The Morgan fingerprint density at radius 1 is 1.12 bits per heavy atom. The summed E-state index contributed by atoms with van der Waals surface area (Å²) in [5.74, 6) is -0.461. The summed E-state index contributed by atoms with van der Waals surface area (Å²) in [6.07, 6.45) is 11.2. The molecule has 3 atom stereocenters. The Labute approximate surface area is 201 Å². The summed E-state index contributed by atoms with van der Waals surface area (Å²) in [5.41, 5.74) is -1.05. The number of rotatable bonds is 8. The number of benzene rings is 1. The fourth-order valence-electron chi connectivity index (χ4n) is 5.54. The standard InChI is InChI=1S/C26H34N4O4/c1-30(18-24(31)29-23-17-27-14-15-28-23)16-8-13-22(30)19-34-25(32)26(33,20-9-4-2-5-10-20)21-11-6-3-7-12-21/h2,4-5,9-10,14-15,17,21-22,33H,3,6-8,11-13,16,18-19H2,1H3/p+1/t22?,26?,30-/m1/s1. The van der Waals surface area contributed by atoms with E-state index in [0.29, 0.717) is 15.9 Å². The van der Waals surface area contributed by atoms with Crippen LogP contribution in [0.5, 0.6) is 0 Å². The van der Waals surface area contributed by atoms with Crippen molar-refractivity contribution in [2.75, 3.05) is 32.1 Å². The third kappa shape index (κ3) is 5.28. The Bertz CT molecular complexity index is 967. The van der Waals surface area contributed by atoms with E-state index in [4.69, 9.17) is 4.74 Å². The SMILES string of the molecule is C[N@+]1(CC(=O)Nc2cnccn2)CCCC1COC(=O)C(O)(c1ccccc1)C1CCCCC1. The van der Waals surface area contributed by atoms with Crippen LogP contribution in [0.1, 0.15) is 50.5 Å². The van der Waals surface area contributed by atoms with E-state index in [1.165, 1.54) is 12.4 Å². The van der Waals surface area contributed by atoms with Gasteiger partial charge in [-0.15, -0.1) is 0 Å². The van der Waals surface area contributed by atoms with E-state index in [2.05, 4.69) is 15.3 Å². The summed E-state index contributed by atoms with van der Waals surface area (Å²) >= 11 is 0. The maximum Gasteiger partial charge on any atom is 0.343 e. The summed E-state index contributed by atoms with van der Waals surface area (Å²) in [4.78, 5) is 34.2. The number of quaternary nitrogens is 1. The summed E-state index contributed by atoms with van der Waals surface area (Å²) in [6.45, 7) is 1.25. The molecule has 1 aromatic carbocycles. The maximum absolute atomic E-state index is 13.4. The predicted octanol–water partition coefficient (Wildman–Crippen LogP) is 3.04. The monoisotopic (exact) mass is 467 g/mol. The molecule has 2 heterocycles. The average molecular weight is 468 g/mol. The van der Waals surface area contributed by atoms with Crippen molar-refractivity contribution in [3.8, 4) is 0 Å². The molecule has 1 aromatic heterocycles. The van der Waals surface area contributed by atoms with Gasteiger partial charge in [-0.05, 0) is 18.4 Å². The number of likely N-dealkylation sites (tertiary alicyclic amines) is 1. The highest BCUT2D eigenvalue weighted by molar-refractivity contribution is 5.90. The maximum atomic E-state index is 13.4. The van der Waals surface area contributed by atoms with Gasteiger partial charge in [0.25, 0.3) is 5.91 Å². The van der Waals surface area contributed by atoms with Crippen LogP contribution in [0.25, 0.3) is 0 Å². The molecule has 1 amide bonds. The first-order valence-corrected chi connectivity index (χ1v) is 12.3. The number of nitrogens with zero attached hydrogens (tertiary/aromatic N) is 3. The smallest absolute Gasteiger partial charge is 0.343 e. The number of hydrogen-bond acceptors (Lipinski definition) is 6. The summed E-state index contributed by atoms with van der Waals surface area (Å²) < 4.78 is 6.31. The van der Waals surface area contributed by atoms with Crippen LogP contribution < -0.4 is 5.32 Å². The van der Waals surface area contributed by atoms with Gasteiger partial charge in [0.1, 0.15) is 12.6 Å². The number of ether oxygens (including phenoxy) is 1. The van der Waals surface area contributed by atoms with E-state index >= 15 is 0 Å². The molecule has 2 aliphatic rings. The van der Waals surface area contributed by atoms with Crippen LogP contribution in [0, 0.1) is 5.92 Å². The Morgan fingerprint density at radius 3 is 2.59 bits per heavy atom. The molecule has 0 radical (unpaired) electrons. The molecule has 0 bridgehead atoms.